The minimum absolute atomic E-state index is 0.337. The van der Waals surface area contributed by atoms with E-state index in [1.54, 1.807) is 0 Å². The molecule has 0 saturated carbocycles. The third-order valence-corrected chi connectivity index (χ3v) is 4.42. The van der Waals surface area contributed by atoms with Crippen LogP contribution in [0.4, 0.5) is 0 Å². The minimum Gasteiger partial charge on any atom is -0.307 e. The zero-order valence-electron chi connectivity index (χ0n) is 11.8. The van der Waals surface area contributed by atoms with Crippen molar-refractivity contribution in [2.24, 2.45) is 0 Å². The van der Waals surface area contributed by atoms with E-state index in [0.29, 0.717) is 12.1 Å². The van der Waals surface area contributed by atoms with Crippen LogP contribution in [0.2, 0.25) is 5.02 Å². The molecule has 1 aliphatic carbocycles. The first-order valence-corrected chi connectivity index (χ1v) is 7.68. The molecule has 0 fully saturated rings. The Balaban J connectivity index is 1.67. The molecule has 1 N–H and O–H groups in total. The lowest BCUT2D eigenvalue weighted by molar-refractivity contribution is 0.414. The van der Waals surface area contributed by atoms with Gasteiger partial charge in [0.1, 0.15) is 0 Å². The molecule has 0 aromatic heterocycles. The van der Waals surface area contributed by atoms with Crippen LogP contribution in [0.5, 0.6) is 0 Å². The number of halogens is 1. The van der Waals surface area contributed by atoms with Crippen LogP contribution in [0.15, 0.2) is 48.5 Å². The molecule has 3 rings (SSSR count). The molecular weight excluding hydrogens is 266 g/mol. The predicted molar refractivity (Wildman–Crippen MR) is 85.3 cm³/mol. The summed E-state index contributed by atoms with van der Waals surface area (Å²) < 4.78 is 0. The maximum Gasteiger partial charge on any atom is 0.0409 e. The van der Waals surface area contributed by atoms with Crippen molar-refractivity contribution < 1.29 is 0 Å². The first kappa shape index (κ1) is 13.7. The van der Waals surface area contributed by atoms with Crippen molar-refractivity contribution in [3.8, 4) is 0 Å². The molecule has 2 aromatic rings. The quantitative estimate of drug-likeness (QED) is 0.872. The molecule has 2 aromatic carbocycles. The highest BCUT2D eigenvalue weighted by Crippen LogP contribution is 2.24. The molecule has 20 heavy (non-hydrogen) atoms. The molecule has 0 bridgehead atoms. The second-order valence-electron chi connectivity index (χ2n) is 5.65. The molecule has 2 atom stereocenters. The Morgan fingerprint density at radius 2 is 1.90 bits per heavy atom. The van der Waals surface area contributed by atoms with Crippen LogP contribution in [0.1, 0.15) is 36.1 Å². The average Bonchev–Trinajstić information content (AvgIpc) is 2.47. The van der Waals surface area contributed by atoms with Gasteiger partial charge in [0, 0.05) is 17.1 Å². The summed E-state index contributed by atoms with van der Waals surface area (Å²) in [6.07, 6.45) is 3.51. The number of aryl methyl sites for hydroxylation is 1. The molecule has 1 unspecified atom stereocenters. The van der Waals surface area contributed by atoms with E-state index in [1.165, 1.54) is 29.5 Å². The Labute approximate surface area is 126 Å². The van der Waals surface area contributed by atoms with Gasteiger partial charge in [-0.15, -0.1) is 0 Å². The van der Waals surface area contributed by atoms with Gasteiger partial charge in [-0.05, 0) is 55.0 Å². The van der Waals surface area contributed by atoms with E-state index in [2.05, 4.69) is 48.6 Å². The van der Waals surface area contributed by atoms with Gasteiger partial charge in [-0.25, -0.2) is 0 Å². The van der Waals surface area contributed by atoms with E-state index >= 15 is 0 Å². The largest absolute Gasteiger partial charge is 0.307 e. The van der Waals surface area contributed by atoms with Gasteiger partial charge in [0.2, 0.25) is 0 Å². The highest BCUT2D eigenvalue weighted by Gasteiger charge is 2.20. The molecule has 2 heteroatoms. The van der Waals surface area contributed by atoms with E-state index in [1.807, 2.05) is 12.1 Å². The Morgan fingerprint density at radius 1 is 1.10 bits per heavy atom. The summed E-state index contributed by atoms with van der Waals surface area (Å²) in [7, 11) is 0. The summed E-state index contributed by atoms with van der Waals surface area (Å²) in [5.74, 6) is 0. The van der Waals surface area contributed by atoms with E-state index < -0.39 is 0 Å². The fraction of sp³-hybridized carbons (Fsp3) is 0.333. The van der Waals surface area contributed by atoms with Gasteiger partial charge in [-0.3, -0.25) is 0 Å². The first-order valence-electron chi connectivity index (χ1n) is 7.30. The van der Waals surface area contributed by atoms with E-state index in [0.717, 1.165) is 11.4 Å². The van der Waals surface area contributed by atoms with Crippen LogP contribution in [0.3, 0.4) is 0 Å². The summed E-state index contributed by atoms with van der Waals surface area (Å²) >= 11 is 6.07. The summed E-state index contributed by atoms with van der Waals surface area (Å²) in [6, 6.07) is 17.8. The van der Waals surface area contributed by atoms with Crippen LogP contribution in [0.25, 0.3) is 0 Å². The second kappa shape index (κ2) is 5.99. The van der Waals surface area contributed by atoms with Crippen molar-refractivity contribution in [1.29, 1.82) is 0 Å². The number of fused-ring (bicyclic) bond motifs is 1. The number of rotatable bonds is 3. The maximum absolute atomic E-state index is 6.07. The van der Waals surface area contributed by atoms with Crippen molar-refractivity contribution in [2.45, 2.75) is 38.3 Å². The van der Waals surface area contributed by atoms with Crippen molar-refractivity contribution in [1.82, 2.24) is 5.32 Å². The van der Waals surface area contributed by atoms with Crippen LogP contribution in [-0.4, -0.2) is 6.04 Å². The van der Waals surface area contributed by atoms with Gasteiger partial charge in [-0.1, -0.05) is 48.0 Å². The Bertz CT molecular complexity index is 593. The van der Waals surface area contributed by atoms with Gasteiger partial charge in [0.25, 0.3) is 0 Å². The smallest absolute Gasteiger partial charge is 0.0409 e. The molecular formula is C18H20ClN. The minimum atomic E-state index is 0.337. The lowest BCUT2D eigenvalue weighted by Gasteiger charge is -2.28. The van der Waals surface area contributed by atoms with Crippen LogP contribution < -0.4 is 5.32 Å². The summed E-state index contributed by atoms with van der Waals surface area (Å²) in [6.45, 7) is 2.21. The van der Waals surface area contributed by atoms with Crippen LogP contribution in [0, 0.1) is 0 Å². The third kappa shape index (κ3) is 3.05. The highest BCUT2D eigenvalue weighted by atomic mass is 35.5. The van der Waals surface area contributed by atoms with Crippen molar-refractivity contribution in [3.05, 3.63) is 70.2 Å². The molecule has 0 heterocycles. The van der Waals surface area contributed by atoms with Crippen molar-refractivity contribution >= 4 is 11.6 Å². The second-order valence-corrected chi connectivity index (χ2v) is 6.09. The number of nitrogens with one attached hydrogen (secondary N) is 1. The molecule has 1 aliphatic rings. The van der Waals surface area contributed by atoms with Crippen LogP contribution >= 0.6 is 11.6 Å². The van der Waals surface area contributed by atoms with Gasteiger partial charge in [0.15, 0.2) is 0 Å². The number of hydrogen-bond donors (Lipinski definition) is 1. The molecule has 104 valence electrons. The standard InChI is InChI=1S/C18H20ClN/c1-13(15-7-4-8-17(19)11-15)20-18-10-9-14-5-2-3-6-16(14)12-18/h2-8,11,13,18,20H,9-10,12H2,1H3/t13-,18?/m0/s1. The van der Waals surface area contributed by atoms with Crippen molar-refractivity contribution in [2.75, 3.05) is 0 Å². The zero-order chi connectivity index (χ0) is 13.9. The Kier molecular flexibility index (Phi) is 4.09. The first-order chi connectivity index (χ1) is 9.72. The highest BCUT2D eigenvalue weighted by molar-refractivity contribution is 6.30. The number of benzene rings is 2. The van der Waals surface area contributed by atoms with Gasteiger partial charge in [0.05, 0.1) is 0 Å². The van der Waals surface area contributed by atoms with Gasteiger partial charge < -0.3 is 5.32 Å². The van der Waals surface area contributed by atoms with Crippen molar-refractivity contribution in [3.63, 3.8) is 0 Å². The topological polar surface area (TPSA) is 12.0 Å². The molecule has 0 saturated heterocycles. The Hall–Kier alpha value is -1.31. The summed E-state index contributed by atoms with van der Waals surface area (Å²) in [5.41, 5.74) is 4.27. The Morgan fingerprint density at radius 3 is 2.70 bits per heavy atom. The van der Waals surface area contributed by atoms with Crippen LogP contribution in [-0.2, 0) is 12.8 Å². The van der Waals surface area contributed by atoms with E-state index in [-0.39, 0.29) is 0 Å². The fourth-order valence-corrected chi connectivity index (χ4v) is 3.26. The van der Waals surface area contributed by atoms with Gasteiger partial charge in [-0.2, -0.15) is 0 Å². The lowest BCUT2D eigenvalue weighted by Crippen LogP contribution is -2.36. The normalized spacial score (nSPS) is 19.4. The molecule has 1 nitrogen and oxygen atoms in total. The predicted octanol–water partition coefficient (Wildman–Crippen LogP) is 4.55. The monoisotopic (exact) mass is 285 g/mol. The maximum atomic E-state index is 6.07. The molecule has 0 aliphatic heterocycles. The van der Waals surface area contributed by atoms with E-state index in [4.69, 9.17) is 11.6 Å². The number of hydrogen-bond acceptors (Lipinski definition) is 1. The summed E-state index contributed by atoms with van der Waals surface area (Å²) in [5, 5.41) is 4.55. The fourth-order valence-electron chi connectivity index (χ4n) is 3.07. The summed E-state index contributed by atoms with van der Waals surface area (Å²) in [4.78, 5) is 0. The molecule has 0 radical (unpaired) electrons. The zero-order valence-corrected chi connectivity index (χ0v) is 12.5. The SMILES string of the molecule is C[C@H](NC1CCc2ccccc2C1)c1cccc(Cl)c1. The third-order valence-electron chi connectivity index (χ3n) is 4.18. The molecule has 0 spiro atoms. The van der Waals surface area contributed by atoms with Gasteiger partial charge >= 0.3 is 0 Å². The van der Waals surface area contributed by atoms with E-state index in [9.17, 15) is 0 Å². The molecule has 0 amide bonds. The lowest BCUT2D eigenvalue weighted by atomic mass is 9.88. The average molecular weight is 286 g/mol.